The Morgan fingerprint density at radius 2 is 2.19 bits per heavy atom. The minimum absolute atomic E-state index is 0.363. The van der Waals surface area contributed by atoms with E-state index in [2.05, 4.69) is 10.1 Å². The van der Waals surface area contributed by atoms with E-state index in [1.807, 2.05) is 36.4 Å². The van der Waals surface area contributed by atoms with E-state index in [4.69, 9.17) is 15.3 Å². The number of hydrogen-bond acceptors (Lipinski definition) is 5. The van der Waals surface area contributed by atoms with Crippen LogP contribution in [0.5, 0.6) is 11.6 Å². The van der Waals surface area contributed by atoms with Crippen molar-refractivity contribution in [1.29, 1.82) is 0 Å². The molecule has 2 aromatic rings. The Morgan fingerprint density at radius 3 is 2.90 bits per heavy atom. The maximum Gasteiger partial charge on any atom is 0.261 e. The van der Waals surface area contributed by atoms with Gasteiger partial charge in [0.2, 0.25) is 12.0 Å². The van der Waals surface area contributed by atoms with Crippen LogP contribution in [0.4, 0.5) is 0 Å². The van der Waals surface area contributed by atoms with Gasteiger partial charge in [-0.3, -0.25) is 4.79 Å². The molecule has 6 nitrogen and oxygen atoms in total. The predicted octanol–water partition coefficient (Wildman–Crippen LogP) is 1.85. The summed E-state index contributed by atoms with van der Waals surface area (Å²) >= 11 is 0. The highest BCUT2D eigenvalue weighted by atomic mass is 16.6. The Bertz CT molecular complexity index is 686. The molecule has 1 amide bonds. The summed E-state index contributed by atoms with van der Waals surface area (Å²) in [4.78, 5) is 20.2. The third-order valence-electron chi connectivity index (χ3n) is 3.01. The predicted molar refractivity (Wildman–Crippen MR) is 76.0 cm³/mol. The summed E-state index contributed by atoms with van der Waals surface area (Å²) in [7, 11) is 0. The lowest BCUT2D eigenvalue weighted by Gasteiger charge is -2.06. The van der Waals surface area contributed by atoms with Crippen molar-refractivity contribution in [3.8, 4) is 11.6 Å². The molecule has 1 aliphatic heterocycles. The molecular weight excluding hydrogens is 270 g/mol. The molecule has 1 unspecified atom stereocenters. The number of ether oxygens (including phenoxy) is 1. The Hall–Kier alpha value is -2.89. The number of carbonyl (C=O) groups is 1. The number of hydrogen-bond donors (Lipinski definition) is 1. The maximum absolute atomic E-state index is 11.1. The van der Waals surface area contributed by atoms with Gasteiger partial charge < -0.3 is 15.3 Å². The fraction of sp³-hybridized carbons (Fsp3) is 0.133. The lowest BCUT2D eigenvalue weighted by Crippen LogP contribution is -2.28. The minimum Gasteiger partial charge on any atom is -0.439 e. The summed E-state index contributed by atoms with van der Waals surface area (Å²) in [6, 6.07) is 12.8. The summed E-state index contributed by atoms with van der Waals surface area (Å²) < 4.78 is 5.65. The van der Waals surface area contributed by atoms with Crippen LogP contribution in [0.25, 0.3) is 0 Å². The van der Waals surface area contributed by atoms with E-state index in [-0.39, 0.29) is 0 Å². The monoisotopic (exact) mass is 283 g/mol. The quantitative estimate of drug-likeness (QED) is 0.927. The molecular formula is C15H13N3O3. The Morgan fingerprint density at radius 1 is 1.29 bits per heavy atom. The molecule has 0 saturated carbocycles. The molecule has 21 heavy (non-hydrogen) atoms. The molecule has 106 valence electrons. The van der Waals surface area contributed by atoms with Crippen LogP contribution in [0.3, 0.4) is 0 Å². The van der Waals surface area contributed by atoms with Crippen LogP contribution >= 0.6 is 0 Å². The van der Waals surface area contributed by atoms with Gasteiger partial charge in [0.1, 0.15) is 5.75 Å². The van der Waals surface area contributed by atoms with Crippen molar-refractivity contribution in [2.45, 2.75) is 12.5 Å². The van der Waals surface area contributed by atoms with E-state index in [9.17, 15) is 4.79 Å². The van der Waals surface area contributed by atoms with Crippen molar-refractivity contribution in [2.24, 2.45) is 10.9 Å². The van der Waals surface area contributed by atoms with Crippen LogP contribution < -0.4 is 10.5 Å². The first kappa shape index (κ1) is 13.1. The van der Waals surface area contributed by atoms with Crippen LogP contribution in [0, 0.1) is 0 Å². The molecule has 0 spiro atoms. The van der Waals surface area contributed by atoms with Crippen LogP contribution in [-0.4, -0.2) is 22.7 Å². The Balaban J connectivity index is 1.77. The number of nitrogens with zero attached hydrogens (tertiary/aromatic N) is 2. The standard InChI is InChI=1S/C15H13N3O3/c16-15(19)13-9-12(18-21-13)10-4-3-5-11(8-10)20-14-6-1-2-7-17-14/h1-8,13H,9H2,(H2,16,19). The van der Waals surface area contributed by atoms with Gasteiger partial charge in [0.05, 0.1) is 5.71 Å². The second-order valence-corrected chi connectivity index (χ2v) is 4.54. The molecule has 1 aliphatic rings. The highest BCUT2D eigenvalue weighted by Gasteiger charge is 2.26. The van der Waals surface area contributed by atoms with E-state index in [1.165, 1.54) is 0 Å². The second-order valence-electron chi connectivity index (χ2n) is 4.54. The third-order valence-corrected chi connectivity index (χ3v) is 3.01. The molecule has 1 atom stereocenters. The molecule has 6 heteroatoms. The number of nitrogens with two attached hydrogens (primary N) is 1. The highest BCUT2D eigenvalue weighted by molar-refractivity contribution is 6.04. The molecule has 1 aromatic carbocycles. The van der Waals surface area contributed by atoms with E-state index in [1.54, 1.807) is 12.3 Å². The smallest absolute Gasteiger partial charge is 0.261 e. The van der Waals surface area contributed by atoms with Gasteiger partial charge in [-0.15, -0.1) is 0 Å². The average Bonchev–Trinajstić information content (AvgIpc) is 2.99. The summed E-state index contributed by atoms with van der Waals surface area (Å²) in [6.07, 6.45) is 1.33. The van der Waals surface area contributed by atoms with E-state index < -0.39 is 12.0 Å². The normalized spacial score (nSPS) is 17.0. The molecule has 0 saturated heterocycles. The second kappa shape index (κ2) is 5.62. The van der Waals surface area contributed by atoms with Crippen LogP contribution in [0.2, 0.25) is 0 Å². The Labute approximate surface area is 121 Å². The van der Waals surface area contributed by atoms with Gasteiger partial charge in [0.15, 0.2) is 0 Å². The van der Waals surface area contributed by atoms with Crippen molar-refractivity contribution >= 4 is 11.6 Å². The number of rotatable bonds is 4. The zero-order valence-corrected chi connectivity index (χ0v) is 11.1. The summed E-state index contributed by atoms with van der Waals surface area (Å²) in [6.45, 7) is 0. The first-order valence-electron chi connectivity index (χ1n) is 6.44. The third kappa shape index (κ3) is 3.00. The summed E-state index contributed by atoms with van der Waals surface area (Å²) in [5, 5.41) is 3.90. The van der Waals surface area contributed by atoms with Gasteiger partial charge in [-0.05, 0) is 18.2 Å². The molecule has 0 fully saturated rings. The van der Waals surface area contributed by atoms with Crippen LogP contribution in [0.15, 0.2) is 53.8 Å². The van der Waals surface area contributed by atoms with E-state index >= 15 is 0 Å². The van der Waals surface area contributed by atoms with Crippen molar-refractivity contribution in [3.63, 3.8) is 0 Å². The van der Waals surface area contributed by atoms with Crippen LogP contribution in [-0.2, 0) is 9.63 Å². The number of primary amides is 1. The maximum atomic E-state index is 11.1. The summed E-state index contributed by atoms with van der Waals surface area (Å²) in [5.74, 6) is 0.625. The average molecular weight is 283 g/mol. The van der Waals surface area contributed by atoms with Crippen LogP contribution in [0.1, 0.15) is 12.0 Å². The van der Waals surface area contributed by atoms with Gasteiger partial charge in [-0.25, -0.2) is 4.98 Å². The zero-order chi connectivity index (χ0) is 14.7. The molecule has 1 aromatic heterocycles. The topological polar surface area (TPSA) is 86.8 Å². The SMILES string of the molecule is NC(=O)C1CC(c2cccc(Oc3ccccn3)c2)=NO1. The zero-order valence-electron chi connectivity index (χ0n) is 11.1. The largest absolute Gasteiger partial charge is 0.439 e. The first-order chi connectivity index (χ1) is 10.2. The lowest BCUT2D eigenvalue weighted by molar-refractivity contribution is -0.127. The molecule has 2 heterocycles. The number of benzene rings is 1. The number of pyridine rings is 1. The Kier molecular flexibility index (Phi) is 3.51. The summed E-state index contributed by atoms with van der Waals surface area (Å²) in [5.41, 5.74) is 6.70. The minimum atomic E-state index is -0.694. The molecule has 0 radical (unpaired) electrons. The van der Waals surface area contributed by atoms with Crippen molar-refractivity contribution in [2.75, 3.05) is 0 Å². The van der Waals surface area contributed by atoms with Crippen molar-refractivity contribution < 1.29 is 14.4 Å². The number of amides is 1. The molecule has 3 rings (SSSR count). The van der Waals surface area contributed by atoms with Gasteiger partial charge >= 0.3 is 0 Å². The van der Waals surface area contributed by atoms with E-state index in [0.29, 0.717) is 23.8 Å². The van der Waals surface area contributed by atoms with Gasteiger partial charge in [-0.2, -0.15) is 0 Å². The van der Waals surface area contributed by atoms with Crippen molar-refractivity contribution in [1.82, 2.24) is 4.98 Å². The van der Waals surface area contributed by atoms with Gasteiger partial charge in [-0.1, -0.05) is 23.4 Å². The molecule has 2 N–H and O–H groups in total. The fourth-order valence-corrected chi connectivity index (χ4v) is 1.97. The molecule has 0 bridgehead atoms. The first-order valence-corrected chi connectivity index (χ1v) is 6.44. The van der Waals surface area contributed by atoms with E-state index in [0.717, 1.165) is 5.56 Å². The number of aromatic nitrogens is 1. The molecule has 0 aliphatic carbocycles. The number of carbonyl (C=O) groups excluding carboxylic acids is 1. The van der Waals surface area contributed by atoms with Crippen molar-refractivity contribution in [3.05, 3.63) is 54.2 Å². The fourth-order valence-electron chi connectivity index (χ4n) is 1.97. The lowest BCUT2D eigenvalue weighted by atomic mass is 10.0. The van der Waals surface area contributed by atoms with Gasteiger partial charge in [0.25, 0.3) is 5.91 Å². The van der Waals surface area contributed by atoms with Gasteiger partial charge in [0, 0.05) is 24.2 Å². The highest BCUT2D eigenvalue weighted by Crippen LogP contribution is 2.23. The number of oxime groups is 1.